The van der Waals surface area contributed by atoms with Crippen LogP contribution in [-0.2, 0) is 0 Å². The molecule has 0 unspecified atom stereocenters. The molecule has 0 spiro atoms. The van der Waals surface area contributed by atoms with E-state index >= 15 is 0 Å². The Morgan fingerprint density at radius 2 is 1.46 bits per heavy atom. The first kappa shape index (κ1) is 17.6. The lowest BCUT2D eigenvalue weighted by Crippen LogP contribution is -2.01. The molecule has 4 heteroatoms. The molecular formula is C20H22O4. The van der Waals surface area contributed by atoms with Crippen molar-refractivity contribution < 1.29 is 19.0 Å². The summed E-state index contributed by atoms with van der Waals surface area (Å²) in [5.41, 5.74) is 3.40. The van der Waals surface area contributed by atoms with E-state index in [1.807, 2.05) is 32.0 Å². The molecule has 0 atom stereocenters. The Labute approximate surface area is 142 Å². The highest BCUT2D eigenvalue weighted by Crippen LogP contribution is 2.30. The summed E-state index contributed by atoms with van der Waals surface area (Å²) in [4.78, 5) is 12.5. The lowest BCUT2D eigenvalue weighted by Gasteiger charge is -2.11. The van der Waals surface area contributed by atoms with Gasteiger partial charge in [0.05, 0.1) is 21.3 Å². The quantitative estimate of drug-likeness (QED) is 0.589. The zero-order valence-corrected chi connectivity index (χ0v) is 14.7. The molecule has 0 aliphatic carbocycles. The molecule has 0 heterocycles. The zero-order valence-electron chi connectivity index (χ0n) is 14.7. The number of ether oxygens (including phenoxy) is 3. The van der Waals surface area contributed by atoms with Crippen LogP contribution in [0.1, 0.15) is 27.0 Å². The van der Waals surface area contributed by atoms with Gasteiger partial charge < -0.3 is 14.2 Å². The maximum atomic E-state index is 12.5. The minimum Gasteiger partial charge on any atom is -0.496 e. The number of rotatable bonds is 6. The average molecular weight is 326 g/mol. The highest BCUT2D eigenvalue weighted by Gasteiger charge is 2.12. The molecule has 2 aromatic carbocycles. The lowest BCUT2D eigenvalue weighted by molar-refractivity contribution is 0.104. The number of hydrogen-bond acceptors (Lipinski definition) is 4. The molecule has 0 saturated carbocycles. The van der Waals surface area contributed by atoms with Crippen LogP contribution in [0.3, 0.4) is 0 Å². The van der Waals surface area contributed by atoms with Crippen molar-refractivity contribution >= 4 is 11.9 Å². The number of allylic oxidation sites excluding steroid dienone is 1. The van der Waals surface area contributed by atoms with Crippen molar-refractivity contribution in [2.24, 2.45) is 0 Å². The highest BCUT2D eigenvalue weighted by atomic mass is 16.5. The molecule has 0 aromatic heterocycles. The van der Waals surface area contributed by atoms with Crippen LogP contribution in [0, 0.1) is 13.8 Å². The number of hydrogen-bond donors (Lipinski definition) is 0. The van der Waals surface area contributed by atoms with Crippen molar-refractivity contribution in [3.05, 3.63) is 58.7 Å². The van der Waals surface area contributed by atoms with Gasteiger partial charge in [-0.25, -0.2) is 0 Å². The minimum absolute atomic E-state index is 0.0816. The van der Waals surface area contributed by atoms with E-state index in [2.05, 4.69) is 0 Å². The second-order valence-corrected chi connectivity index (χ2v) is 5.45. The molecular weight excluding hydrogens is 304 g/mol. The van der Waals surface area contributed by atoms with Gasteiger partial charge in [0.2, 0.25) is 0 Å². The summed E-state index contributed by atoms with van der Waals surface area (Å²) in [7, 11) is 4.77. The zero-order chi connectivity index (χ0) is 17.7. The maximum absolute atomic E-state index is 12.5. The van der Waals surface area contributed by atoms with Crippen molar-refractivity contribution in [1.29, 1.82) is 0 Å². The molecule has 0 radical (unpaired) electrons. The van der Waals surface area contributed by atoms with Crippen LogP contribution in [0.15, 0.2) is 36.4 Å². The van der Waals surface area contributed by atoms with Crippen molar-refractivity contribution in [2.45, 2.75) is 13.8 Å². The average Bonchev–Trinajstić information content (AvgIpc) is 2.59. The van der Waals surface area contributed by atoms with Gasteiger partial charge in [0, 0.05) is 5.56 Å². The number of benzene rings is 2. The van der Waals surface area contributed by atoms with Crippen molar-refractivity contribution in [3.63, 3.8) is 0 Å². The van der Waals surface area contributed by atoms with Crippen molar-refractivity contribution in [3.8, 4) is 17.2 Å². The summed E-state index contributed by atoms with van der Waals surface area (Å²) in [6.45, 7) is 3.84. The smallest absolute Gasteiger partial charge is 0.186 e. The molecule has 0 aliphatic rings. The molecule has 2 aromatic rings. The topological polar surface area (TPSA) is 44.8 Å². The summed E-state index contributed by atoms with van der Waals surface area (Å²) < 4.78 is 15.8. The molecule has 0 fully saturated rings. The Hall–Kier alpha value is -2.75. The van der Waals surface area contributed by atoms with E-state index in [-0.39, 0.29) is 5.78 Å². The Morgan fingerprint density at radius 3 is 2.04 bits per heavy atom. The summed E-state index contributed by atoms with van der Waals surface area (Å²) in [5, 5.41) is 0. The van der Waals surface area contributed by atoms with E-state index < -0.39 is 0 Å². The number of ketones is 1. The SMILES string of the molecule is COc1ccc(/C=C/C(=O)c2cc(OC)c(OC)cc2C)cc1C. The van der Waals surface area contributed by atoms with Gasteiger partial charge in [-0.15, -0.1) is 0 Å². The van der Waals surface area contributed by atoms with Gasteiger partial charge >= 0.3 is 0 Å². The third kappa shape index (κ3) is 3.77. The molecule has 24 heavy (non-hydrogen) atoms. The van der Waals surface area contributed by atoms with Crippen LogP contribution < -0.4 is 14.2 Å². The lowest BCUT2D eigenvalue weighted by atomic mass is 10.0. The molecule has 0 amide bonds. The van der Waals surface area contributed by atoms with E-state index in [9.17, 15) is 4.79 Å². The van der Waals surface area contributed by atoms with Gasteiger partial charge in [-0.2, -0.15) is 0 Å². The van der Waals surface area contributed by atoms with E-state index in [0.717, 1.165) is 22.4 Å². The van der Waals surface area contributed by atoms with Gasteiger partial charge in [-0.05, 0) is 60.9 Å². The fourth-order valence-electron chi connectivity index (χ4n) is 2.51. The Morgan fingerprint density at radius 1 is 0.833 bits per heavy atom. The summed E-state index contributed by atoms with van der Waals surface area (Å²) in [6.07, 6.45) is 3.36. The largest absolute Gasteiger partial charge is 0.496 e. The van der Waals surface area contributed by atoms with Crippen LogP contribution in [0.25, 0.3) is 6.08 Å². The number of methoxy groups -OCH3 is 3. The Kier molecular flexibility index (Phi) is 5.64. The molecule has 4 nitrogen and oxygen atoms in total. The number of carbonyl (C=O) groups excluding carboxylic acids is 1. The van der Waals surface area contributed by atoms with Gasteiger partial charge in [0.1, 0.15) is 5.75 Å². The highest BCUT2D eigenvalue weighted by molar-refractivity contribution is 6.08. The Balaban J connectivity index is 2.28. The third-order valence-corrected chi connectivity index (χ3v) is 3.84. The van der Waals surface area contributed by atoms with Crippen LogP contribution in [0.5, 0.6) is 17.2 Å². The van der Waals surface area contributed by atoms with E-state index in [4.69, 9.17) is 14.2 Å². The van der Waals surface area contributed by atoms with Crippen LogP contribution in [-0.4, -0.2) is 27.1 Å². The second kappa shape index (κ2) is 7.68. The van der Waals surface area contributed by atoms with Crippen LogP contribution >= 0.6 is 0 Å². The molecule has 2 rings (SSSR count). The van der Waals surface area contributed by atoms with Gasteiger partial charge in [-0.1, -0.05) is 12.1 Å². The third-order valence-electron chi connectivity index (χ3n) is 3.84. The van der Waals surface area contributed by atoms with Crippen LogP contribution in [0.2, 0.25) is 0 Å². The van der Waals surface area contributed by atoms with Crippen LogP contribution in [0.4, 0.5) is 0 Å². The fraction of sp³-hybridized carbons (Fsp3) is 0.250. The minimum atomic E-state index is -0.0816. The van der Waals surface area contributed by atoms with Gasteiger partial charge in [-0.3, -0.25) is 4.79 Å². The molecule has 0 aliphatic heterocycles. The normalized spacial score (nSPS) is 10.7. The van der Waals surface area contributed by atoms with E-state index in [1.165, 1.54) is 0 Å². The predicted octanol–water partition coefficient (Wildman–Crippen LogP) is 4.23. The fourth-order valence-corrected chi connectivity index (χ4v) is 2.51. The summed E-state index contributed by atoms with van der Waals surface area (Å²) in [6, 6.07) is 9.29. The second-order valence-electron chi connectivity index (χ2n) is 5.45. The molecule has 0 saturated heterocycles. The number of carbonyl (C=O) groups is 1. The first-order chi connectivity index (χ1) is 11.5. The summed E-state index contributed by atoms with van der Waals surface area (Å²) in [5.74, 6) is 1.90. The number of aryl methyl sites for hydroxylation is 2. The Bertz CT molecular complexity index is 775. The molecule has 0 N–H and O–H groups in total. The van der Waals surface area contributed by atoms with Crippen molar-refractivity contribution in [2.75, 3.05) is 21.3 Å². The predicted molar refractivity (Wildman–Crippen MR) is 95.4 cm³/mol. The van der Waals surface area contributed by atoms with Gasteiger partial charge in [0.15, 0.2) is 17.3 Å². The summed E-state index contributed by atoms with van der Waals surface area (Å²) >= 11 is 0. The van der Waals surface area contributed by atoms with Crippen molar-refractivity contribution in [1.82, 2.24) is 0 Å². The first-order valence-electron chi connectivity index (χ1n) is 7.59. The molecule has 0 bridgehead atoms. The standard InChI is InChI=1S/C20H22O4/c1-13-11-19(23-4)20(24-5)12-16(13)17(21)8-6-15-7-9-18(22-3)14(2)10-15/h6-12H,1-5H3/b8-6+. The maximum Gasteiger partial charge on any atom is 0.186 e. The molecule has 126 valence electrons. The monoisotopic (exact) mass is 326 g/mol. The van der Waals surface area contributed by atoms with E-state index in [1.54, 1.807) is 45.6 Å². The van der Waals surface area contributed by atoms with E-state index in [0.29, 0.717) is 17.1 Å². The van der Waals surface area contributed by atoms with Gasteiger partial charge in [0.25, 0.3) is 0 Å². The first-order valence-corrected chi connectivity index (χ1v) is 7.59.